The number of amides is 1. The molecule has 0 bridgehead atoms. The number of nitrogens with one attached hydrogen (secondary N) is 1. The van der Waals surface area contributed by atoms with Crippen molar-refractivity contribution in [3.05, 3.63) is 49.6 Å². The molecule has 1 amide bonds. The van der Waals surface area contributed by atoms with Gasteiger partial charge in [0.2, 0.25) is 5.91 Å². The molecule has 0 saturated carbocycles. The van der Waals surface area contributed by atoms with Gasteiger partial charge in [0.1, 0.15) is 0 Å². The molecule has 1 heterocycles. The van der Waals surface area contributed by atoms with Gasteiger partial charge in [-0.3, -0.25) is 4.79 Å². The lowest BCUT2D eigenvalue weighted by atomic mass is 10.3. The maximum atomic E-state index is 11.8. The van der Waals surface area contributed by atoms with Gasteiger partial charge in [-0.05, 0) is 24.3 Å². The average molecular weight is 367 g/mol. The van der Waals surface area contributed by atoms with Gasteiger partial charge in [0.25, 0.3) is 0 Å². The quantitative estimate of drug-likeness (QED) is 0.748. The van der Waals surface area contributed by atoms with Gasteiger partial charge in [-0.2, -0.15) is 0 Å². The van der Waals surface area contributed by atoms with Gasteiger partial charge in [0.05, 0.1) is 25.8 Å². The third-order valence-electron chi connectivity index (χ3n) is 2.33. The van der Waals surface area contributed by atoms with Crippen LogP contribution in [-0.2, 0) is 10.5 Å². The normalized spacial score (nSPS) is 10.6. The fourth-order valence-corrected chi connectivity index (χ4v) is 3.83. The number of thiophene rings is 1. The molecule has 0 radical (unpaired) electrons. The van der Waals surface area contributed by atoms with E-state index in [1.807, 2.05) is 12.1 Å². The Bertz CT molecular complexity index is 615. The fourth-order valence-electron chi connectivity index (χ4n) is 1.46. The van der Waals surface area contributed by atoms with Crippen molar-refractivity contribution in [3.8, 4) is 0 Å². The molecule has 0 aliphatic rings. The van der Waals surface area contributed by atoms with Crippen LogP contribution in [0, 0.1) is 0 Å². The third kappa shape index (κ3) is 4.57. The second kappa shape index (κ2) is 7.57. The Morgan fingerprint density at radius 1 is 1.20 bits per heavy atom. The minimum absolute atomic E-state index is 0.109. The summed E-state index contributed by atoms with van der Waals surface area (Å²) in [6.07, 6.45) is 0. The number of carbonyl (C=O) groups is 1. The van der Waals surface area contributed by atoms with Crippen molar-refractivity contribution in [2.24, 2.45) is 0 Å². The largest absolute Gasteiger partial charge is 0.324 e. The summed E-state index contributed by atoms with van der Waals surface area (Å²) in [7, 11) is 0. The predicted molar refractivity (Wildman–Crippen MR) is 90.6 cm³/mol. The monoisotopic (exact) mass is 365 g/mol. The van der Waals surface area contributed by atoms with Crippen molar-refractivity contribution in [1.29, 1.82) is 0 Å². The third-order valence-corrected chi connectivity index (χ3v) is 5.55. The minimum Gasteiger partial charge on any atom is -0.324 e. The number of thioether (sulfide) groups is 1. The van der Waals surface area contributed by atoms with Crippen LogP contribution >= 0.6 is 57.9 Å². The molecular weight excluding hydrogens is 357 g/mol. The van der Waals surface area contributed by atoms with Gasteiger partial charge in [-0.1, -0.05) is 40.9 Å². The Balaban J connectivity index is 1.82. The maximum absolute atomic E-state index is 11.8. The van der Waals surface area contributed by atoms with Crippen molar-refractivity contribution in [2.75, 3.05) is 11.1 Å². The highest BCUT2D eigenvalue weighted by molar-refractivity contribution is 7.99. The molecule has 1 aromatic carbocycles. The molecule has 0 saturated heterocycles. The second-order valence-corrected chi connectivity index (χ2v) is 7.42. The van der Waals surface area contributed by atoms with E-state index < -0.39 is 0 Å². The van der Waals surface area contributed by atoms with Gasteiger partial charge < -0.3 is 5.32 Å². The smallest absolute Gasteiger partial charge is 0.234 e. The van der Waals surface area contributed by atoms with Gasteiger partial charge in [-0.15, -0.1) is 23.1 Å². The second-order valence-electron chi connectivity index (χ2n) is 3.85. The molecule has 0 aliphatic carbocycles. The minimum atomic E-state index is -0.109. The number of anilines is 1. The van der Waals surface area contributed by atoms with E-state index in [1.54, 1.807) is 18.2 Å². The number of halogens is 3. The van der Waals surface area contributed by atoms with Crippen LogP contribution in [0.25, 0.3) is 0 Å². The molecule has 106 valence electrons. The van der Waals surface area contributed by atoms with Gasteiger partial charge in [-0.25, -0.2) is 0 Å². The number of benzene rings is 1. The Hall–Kier alpha value is -0.390. The average Bonchev–Trinajstić information content (AvgIpc) is 2.81. The topological polar surface area (TPSA) is 29.1 Å². The van der Waals surface area contributed by atoms with Crippen LogP contribution in [0.3, 0.4) is 0 Å². The fraction of sp³-hybridized carbons (Fsp3) is 0.154. The number of rotatable bonds is 5. The molecule has 2 aromatic rings. The molecule has 0 unspecified atom stereocenters. The molecule has 20 heavy (non-hydrogen) atoms. The van der Waals surface area contributed by atoms with E-state index in [0.29, 0.717) is 21.5 Å². The van der Waals surface area contributed by atoms with Gasteiger partial charge in [0, 0.05) is 10.6 Å². The Labute approximate surface area is 140 Å². The number of carbonyl (C=O) groups excluding carboxylic acids is 1. The van der Waals surface area contributed by atoms with Gasteiger partial charge in [0.15, 0.2) is 0 Å². The summed E-state index contributed by atoms with van der Waals surface area (Å²) in [4.78, 5) is 13.0. The van der Waals surface area contributed by atoms with Crippen LogP contribution in [0.4, 0.5) is 5.69 Å². The van der Waals surface area contributed by atoms with Crippen LogP contribution in [-0.4, -0.2) is 11.7 Å². The van der Waals surface area contributed by atoms with Crippen molar-refractivity contribution >= 4 is 69.5 Å². The SMILES string of the molecule is O=C(CSCc1ccc(Cl)s1)Nc1cccc(Cl)c1Cl. The highest BCUT2D eigenvalue weighted by atomic mass is 35.5. The summed E-state index contributed by atoms with van der Waals surface area (Å²) < 4.78 is 0.760. The zero-order valence-corrected chi connectivity index (χ0v) is 14.1. The molecule has 0 atom stereocenters. The number of hydrogen-bond donors (Lipinski definition) is 1. The van der Waals surface area contributed by atoms with E-state index in [2.05, 4.69) is 5.32 Å². The standard InChI is InChI=1S/C13H10Cl3NOS2/c14-9-2-1-3-10(13(9)16)17-12(18)7-19-6-8-4-5-11(15)20-8/h1-5H,6-7H2,(H,17,18). The highest BCUT2D eigenvalue weighted by Crippen LogP contribution is 2.30. The van der Waals surface area contributed by atoms with Gasteiger partial charge >= 0.3 is 0 Å². The van der Waals surface area contributed by atoms with E-state index >= 15 is 0 Å². The van der Waals surface area contributed by atoms with Crippen LogP contribution in [0.15, 0.2) is 30.3 Å². The van der Waals surface area contributed by atoms with Crippen LogP contribution in [0.1, 0.15) is 4.88 Å². The molecule has 0 fully saturated rings. The molecule has 7 heteroatoms. The molecule has 0 spiro atoms. The van der Waals surface area contributed by atoms with Crippen LogP contribution < -0.4 is 5.32 Å². The summed E-state index contributed by atoms with van der Waals surface area (Å²) in [5.41, 5.74) is 0.531. The lowest BCUT2D eigenvalue weighted by Gasteiger charge is -2.07. The number of hydrogen-bond acceptors (Lipinski definition) is 3. The van der Waals surface area contributed by atoms with E-state index in [0.717, 1.165) is 15.0 Å². The Kier molecular flexibility index (Phi) is 6.05. The Morgan fingerprint density at radius 3 is 2.70 bits per heavy atom. The van der Waals surface area contributed by atoms with E-state index in [-0.39, 0.29) is 5.91 Å². The molecule has 1 N–H and O–H groups in total. The first-order valence-corrected chi connectivity index (χ1v) is 8.72. The van der Waals surface area contributed by atoms with Crippen molar-refractivity contribution in [1.82, 2.24) is 0 Å². The summed E-state index contributed by atoms with van der Waals surface area (Å²) in [5, 5.41) is 3.52. The lowest BCUT2D eigenvalue weighted by molar-refractivity contribution is -0.113. The van der Waals surface area contributed by atoms with E-state index in [1.165, 1.54) is 23.1 Å². The summed E-state index contributed by atoms with van der Waals surface area (Å²) in [6, 6.07) is 8.95. The first-order chi connectivity index (χ1) is 9.56. The van der Waals surface area contributed by atoms with Crippen molar-refractivity contribution in [3.63, 3.8) is 0 Å². The first-order valence-electron chi connectivity index (χ1n) is 5.62. The molecule has 0 aliphatic heterocycles. The predicted octanol–water partition coefficient (Wildman–Crippen LogP) is 5.58. The summed E-state index contributed by atoms with van der Waals surface area (Å²) in [5.74, 6) is 0.994. The highest BCUT2D eigenvalue weighted by Gasteiger charge is 2.08. The zero-order valence-electron chi connectivity index (χ0n) is 10.2. The van der Waals surface area contributed by atoms with Crippen LogP contribution in [0.2, 0.25) is 14.4 Å². The Morgan fingerprint density at radius 2 is 2.00 bits per heavy atom. The van der Waals surface area contributed by atoms with E-state index in [4.69, 9.17) is 34.8 Å². The summed E-state index contributed by atoms with van der Waals surface area (Å²) >= 11 is 20.8. The molecule has 2 nitrogen and oxygen atoms in total. The maximum Gasteiger partial charge on any atom is 0.234 e. The van der Waals surface area contributed by atoms with E-state index in [9.17, 15) is 4.79 Å². The lowest BCUT2D eigenvalue weighted by Crippen LogP contribution is -2.14. The van der Waals surface area contributed by atoms with Crippen molar-refractivity contribution in [2.45, 2.75) is 5.75 Å². The molecular formula is C13H10Cl3NOS2. The van der Waals surface area contributed by atoms with Crippen molar-refractivity contribution < 1.29 is 4.79 Å². The first kappa shape index (κ1) is 16.0. The molecule has 1 aromatic heterocycles. The zero-order chi connectivity index (χ0) is 14.5. The summed E-state index contributed by atoms with van der Waals surface area (Å²) in [6.45, 7) is 0. The van der Waals surface area contributed by atoms with Crippen LogP contribution in [0.5, 0.6) is 0 Å². The molecule has 2 rings (SSSR count).